The Kier molecular flexibility index (Phi) is 6.77. The van der Waals surface area contributed by atoms with Gasteiger partial charge in [-0.3, -0.25) is 0 Å². The third-order valence-electron chi connectivity index (χ3n) is 4.74. The SMILES string of the molecule is CCNC(=NCc1nc2ccc(C)cc2[nH]1)N1CCS(=O)(=O)C(C)(C)C1.I. The van der Waals surface area contributed by atoms with Gasteiger partial charge in [0.05, 0.1) is 21.5 Å². The number of nitrogens with zero attached hydrogens (tertiary/aromatic N) is 3. The molecule has 1 aromatic heterocycles. The highest BCUT2D eigenvalue weighted by molar-refractivity contribution is 14.0. The van der Waals surface area contributed by atoms with E-state index in [0.717, 1.165) is 29.4 Å². The Labute approximate surface area is 178 Å². The maximum absolute atomic E-state index is 12.2. The highest BCUT2D eigenvalue weighted by Crippen LogP contribution is 2.24. The van der Waals surface area contributed by atoms with Crippen molar-refractivity contribution in [1.82, 2.24) is 20.2 Å². The van der Waals surface area contributed by atoms with Crippen LogP contribution in [0.3, 0.4) is 0 Å². The zero-order valence-corrected chi connectivity index (χ0v) is 19.4. The molecule has 0 radical (unpaired) electrons. The minimum absolute atomic E-state index is 0. The molecule has 2 heterocycles. The van der Waals surface area contributed by atoms with E-state index in [9.17, 15) is 8.42 Å². The van der Waals surface area contributed by atoms with Crippen molar-refractivity contribution >= 4 is 50.8 Å². The van der Waals surface area contributed by atoms with Crippen molar-refractivity contribution in [3.05, 3.63) is 29.6 Å². The van der Waals surface area contributed by atoms with E-state index in [2.05, 4.69) is 26.3 Å². The van der Waals surface area contributed by atoms with E-state index < -0.39 is 14.6 Å². The average molecular weight is 505 g/mol. The van der Waals surface area contributed by atoms with Gasteiger partial charge in [0, 0.05) is 19.6 Å². The molecule has 1 saturated heterocycles. The van der Waals surface area contributed by atoms with E-state index >= 15 is 0 Å². The van der Waals surface area contributed by atoms with Crippen molar-refractivity contribution in [3.63, 3.8) is 0 Å². The molecule has 0 amide bonds. The normalized spacial score (nSPS) is 19.0. The van der Waals surface area contributed by atoms with Crippen LogP contribution in [0.15, 0.2) is 23.2 Å². The quantitative estimate of drug-likeness (QED) is 0.380. The number of aromatic nitrogens is 2. The molecule has 2 aromatic rings. The number of guanidine groups is 1. The molecule has 7 nitrogen and oxygen atoms in total. The largest absolute Gasteiger partial charge is 0.357 e. The molecule has 1 fully saturated rings. The Bertz CT molecular complexity index is 936. The van der Waals surface area contributed by atoms with Crippen LogP contribution in [0.2, 0.25) is 0 Å². The summed E-state index contributed by atoms with van der Waals surface area (Å²) < 4.78 is 23.7. The van der Waals surface area contributed by atoms with Crippen molar-refractivity contribution in [1.29, 1.82) is 0 Å². The lowest BCUT2D eigenvalue weighted by atomic mass is 10.2. The van der Waals surface area contributed by atoms with Gasteiger partial charge in [-0.15, -0.1) is 24.0 Å². The number of hydrogen-bond donors (Lipinski definition) is 2. The Morgan fingerprint density at radius 3 is 2.81 bits per heavy atom. The molecular formula is C18H28IN5O2S. The number of sulfone groups is 1. The zero-order valence-electron chi connectivity index (χ0n) is 16.2. The number of H-pyrrole nitrogens is 1. The smallest absolute Gasteiger partial charge is 0.194 e. The molecule has 1 aliphatic rings. The minimum atomic E-state index is -3.07. The molecule has 27 heavy (non-hydrogen) atoms. The van der Waals surface area contributed by atoms with Gasteiger partial charge < -0.3 is 15.2 Å². The van der Waals surface area contributed by atoms with Crippen molar-refractivity contribution in [2.75, 3.05) is 25.4 Å². The topological polar surface area (TPSA) is 90.4 Å². The van der Waals surface area contributed by atoms with Crippen molar-refractivity contribution < 1.29 is 8.42 Å². The van der Waals surface area contributed by atoms with Crippen LogP contribution < -0.4 is 5.32 Å². The van der Waals surface area contributed by atoms with Crippen LogP contribution in [0.5, 0.6) is 0 Å². The van der Waals surface area contributed by atoms with E-state index in [1.54, 1.807) is 13.8 Å². The molecule has 2 N–H and O–H groups in total. The molecule has 0 bridgehead atoms. The molecule has 1 aromatic carbocycles. The molecule has 0 atom stereocenters. The summed E-state index contributed by atoms with van der Waals surface area (Å²) in [6.45, 7) is 9.64. The van der Waals surface area contributed by atoms with E-state index in [4.69, 9.17) is 0 Å². The van der Waals surface area contributed by atoms with Crippen LogP contribution in [0.25, 0.3) is 11.0 Å². The maximum Gasteiger partial charge on any atom is 0.194 e. The fourth-order valence-corrected chi connectivity index (χ4v) is 4.52. The number of fused-ring (bicyclic) bond motifs is 1. The van der Waals surface area contributed by atoms with Crippen molar-refractivity contribution in [2.45, 2.75) is 39.0 Å². The zero-order chi connectivity index (χ0) is 18.9. The summed E-state index contributed by atoms with van der Waals surface area (Å²) in [5.74, 6) is 1.67. The summed E-state index contributed by atoms with van der Waals surface area (Å²) in [6.07, 6.45) is 0. The summed E-state index contributed by atoms with van der Waals surface area (Å²) >= 11 is 0. The number of halogens is 1. The first-order valence-corrected chi connectivity index (χ1v) is 10.6. The Hall–Kier alpha value is -1.36. The predicted molar refractivity (Wildman–Crippen MR) is 121 cm³/mol. The van der Waals surface area contributed by atoms with Gasteiger partial charge in [0.25, 0.3) is 0 Å². The lowest BCUT2D eigenvalue weighted by Gasteiger charge is -2.39. The van der Waals surface area contributed by atoms with Gasteiger partial charge in [-0.1, -0.05) is 6.07 Å². The van der Waals surface area contributed by atoms with Gasteiger partial charge in [0.15, 0.2) is 15.8 Å². The predicted octanol–water partition coefficient (Wildman–Crippen LogP) is 2.46. The van der Waals surface area contributed by atoms with Crippen LogP contribution in [0.4, 0.5) is 0 Å². The Morgan fingerprint density at radius 2 is 2.15 bits per heavy atom. The van der Waals surface area contributed by atoms with Gasteiger partial charge in [0.1, 0.15) is 12.4 Å². The minimum Gasteiger partial charge on any atom is -0.357 e. The van der Waals surface area contributed by atoms with Crippen LogP contribution >= 0.6 is 24.0 Å². The first kappa shape index (κ1) is 21.9. The highest BCUT2D eigenvalue weighted by Gasteiger charge is 2.40. The Morgan fingerprint density at radius 1 is 1.41 bits per heavy atom. The summed E-state index contributed by atoms with van der Waals surface area (Å²) in [6, 6.07) is 6.10. The fourth-order valence-electron chi connectivity index (χ4n) is 3.15. The lowest BCUT2D eigenvalue weighted by molar-refractivity contribution is 0.353. The molecule has 0 spiro atoms. The Balaban J connectivity index is 0.00000261. The number of aryl methyl sites for hydroxylation is 1. The molecule has 3 rings (SSSR count). The van der Waals surface area contributed by atoms with Crippen LogP contribution in [0, 0.1) is 6.92 Å². The molecule has 1 aliphatic heterocycles. The second-order valence-electron chi connectivity index (χ2n) is 7.37. The van der Waals surface area contributed by atoms with Gasteiger partial charge in [-0.05, 0) is 45.4 Å². The summed E-state index contributed by atoms with van der Waals surface area (Å²) in [7, 11) is -3.07. The first-order chi connectivity index (χ1) is 12.2. The molecular weight excluding hydrogens is 477 g/mol. The molecule has 0 unspecified atom stereocenters. The third kappa shape index (κ3) is 4.74. The van der Waals surface area contributed by atoms with E-state index in [0.29, 0.717) is 19.6 Å². The van der Waals surface area contributed by atoms with Crippen LogP contribution in [-0.4, -0.2) is 59.4 Å². The van der Waals surface area contributed by atoms with Gasteiger partial charge in [-0.25, -0.2) is 18.4 Å². The van der Waals surface area contributed by atoms with E-state index in [1.807, 2.05) is 30.9 Å². The number of rotatable bonds is 3. The second kappa shape index (κ2) is 8.34. The molecule has 0 saturated carbocycles. The number of benzene rings is 1. The average Bonchev–Trinajstić information content (AvgIpc) is 2.96. The molecule has 9 heteroatoms. The number of aliphatic imine (C=N–C) groups is 1. The van der Waals surface area contributed by atoms with Crippen molar-refractivity contribution in [3.8, 4) is 0 Å². The third-order valence-corrected chi connectivity index (χ3v) is 7.28. The van der Waals surface area contributed by atoms with Gasteiger partial charge in [-0.2, -0.15) is 0 Å². The highest BCUT2D eigenvalue weighted by atomic mass is 127. The van der Waals surface area contributed by atoms with Gasteiger partial charge in [0.2, 0.25) is 0 Å². The molecule has 150 valence electrons. The maximum atomic E-state index is 12.2. The fraction of sp³-hybridized carbons (Fsp3) is 0.556. The standard InChI is InChI=1S/C18H27N5O2S.HI/c1-5-19-17(23-8-9-26(24,25)18(3,4)12-23)20-11-16-21-14-7-6-13(2)10-15(14)22-16;/h6-7,10H,5,8-9,11-12H2,1-4H3,(H,19,20)(H,21,22);1H. The summed E-state index contributed by atoms with van der Waals surface area (Å²) in [5.41, 5.74) is 3.11. The van der Waals surface area contributed by atoms with Crippen molar-refractivity contribution in [2.24, 2.45) is 4.99 Å². The number of nitrogens with one attached hydrogen (secondary N) is 2. The van der Waals surface area contributed by atoms with E-state index in [-0.39, 0.29) is 29.7 Å². The summed E-state index contributed by atoms with van der Waals surface area (Å²) in [5, 5.41) is 3.27. The molecule has 0 aliphatic carbocycles. The number of imidazole rings is 1. The number of hydrogen-bond acceptors (Lipinski definition) is 4. The first-order valence-electron chi connectivity index (χ1n) is 8.93. The monoisotopic (exact) mass is 505 g/mol. The van der Waals surface area contributed by atoms with E-state index in [1.165, 1.54) is 5.56 Å². The summed E-state index contributed by atoms with van der Waals surface area (Å²) in [4.78, 5) is 14.6. The lowest BCUT2D eigenvalue weighted by Crippen LogP contribution is -2.57. The van der Waals surface area contributed by atoms with Gasteiger partial charge >= 0.3 is 0 Å². The second-order valence-corrected chi connectivity index (χ2v) is 10.1. The van der Waals surface area contributed by atoms with Crippen LogP contribution in [-0.2, 0) is 16.4 Å². The van der Waals surface area contributed by atoms with Crippen LogP contribution in [0.1, 0.15) is 32.2 Å². The number of aromatic amines is 1.